The van der Waals surface area contributed by atoms with E-state index >= 15 is 0 Å². The number of aliphatic hydroxyl groups is 1. The third kappa shape index (κ3) is 3.43. The SMILES string of the molecule is CC(=CCO)P(=O)(O)O. The average Bonchev–Trinajstić information content (AvgIpc) is 1.64. The quantitative estimate of drug-likeness (QED) is 0.489. The molecule has 0 saturated heterocycles. The van der Waals surface area contributed by atoms with E-state index in [9.17, 15) is 4.57 Å². The van der Waals surface area contributed by atoms with Gasteiger partial charge in [-0.1, -0.05) is 0 Å². The van der Waals surface area contributed by atoms with Crippen molar-refractivity contribution in [3.63, 3.8) is 0 Å². The Balaban J connectivity index is 4.21. The molecule has 0 heterocycles. The summed E-state index contributed by atoms with van der Waals surface area (Å²) in [5, 5.41) is 8.09. The lowest BCUT2D eigenvalue weighted by Gasteiger charge is -2.00. The molecule has 0 aromatic rings. The van der Waals surface area contributed by atoms with E-state index < -0.39 is 7.60 Å². The normalized spacial score (nSPS) is 14.0. The van der Waals surface area contributed by atoms with E-state index in [0.29, 0.717) is 0 Å². The lowest BCUT2D eigenvalue weighted by Crippen LogP contribution is -1.82. The molecule has 0 radical (unpaired) electrons. The highest BCUT2D eigenvalue weighted by molar-refractivity contribution is 7.56. The molecule has 0 atom stereocenters. The molecule has 5 heteroatoms. The smallest absolute Gasteiger partial charge is 0.351 e. The van der Waals surface area contributed by atoms with Crippen molar-refractivity contribution in [1.29, 1.82) is 0 Å². The molecule has 0 aliphatic carbocycles. The van der Waals surface area contributed by atoms with Crippen molar-refractivity contribution in [3.05, 3.63) is 11.4 Å². The van der Waals surface area contributed by atoms with Gasteiger partial charge in [-0.3, -0.25) is 4.57 Å². The minimum absolute atomic E-state index is 0.0926. The van der Waals surface area contributed by atoms with Gasteiger partial charge in [0.15, 0.2) is 0 Å². The fourth-order valence-electron chi connectivity index (χ4n) is 0.251. The van der Waals surface area contributed by atoms with Crippen LogP contribution in [0.5, 0.6) is 0 Å². The molecule has 0 aromatic heterocycles. The maximum atomic E-state index is 10.2. The van der Waals surface area contributed by atoms with Crippen LogP contribution in [0.4, 0.5) is 0 Å². The summed E-state index contributed by atoms with van der Waals surface area (Å²) in [6.07, 6.45) is 1.08. The Bertz CT molecular complexity index is 156. The Kier molecular flexibility index (Phi) is 3.08. The van der Waals surface area contributed by atoms with Gasteiger partial charge in [-0.2, -0.15) is 0 Å². The zero-order valence-corrected chi connectivity index (χ0v) is 5.88. The molecule has 0 fully saturated rings. The van der Waals surface area contributed by atoms with Gasteiger partial charge in [0.25, 0.3) is 0 Å². The first-order chi connectivity index (χ1) is 3.98. The van der Waals surface area contributed by atoms with Crippen LogP contribution in [-0.4, -0.2) is 21.5 Å². The van der Waals surface area contributed by atoms with Gasteiger partial charge in [0, 0.05) is 5.31 Å². The molecule has 0 spiro atoms. The molecule has 0 rings (SSSR count). The molecule has 0 bridgehead atoms. The minimum atomic E-state index is -4.07. The third-order valence-electron chi connectivity index (χ3n) is 0.846. The fourth-order valence-corrected chi connectivity index (χ4v) is 0.571. The van der Waals surface area contributed by atoms with Crippen molar-refractivity contribution in [1.82, 2.24) is 0 Å². The van der Waals surface area contributed by atoms with Gasteiger partial charge in [0.2, 0.25) is 0 Å². The highest BCUT2D eigenvalue weighted by atomic mass is 31.2. The van der Waals surface area contributed by atoms with Crippen LogP contribution in [0.1, 0.15) is 6.92 Å². The van der Waals surface area contributed by atoms with Crippen LogP contribution in [0.3, 0.4) is 0 Å². The second-order valence-corrected chi connectivity index (χ2v) is 3.37. The zero-order chi connectivity index (χ0) is 7.49. The molecular formula is C4H9O4P. The number of hydrogen-bond acceptors (Lipinski definition) is 2. The first-order valence-electron chi connectivity index (χ1n) is 2.32. The van der Waals surface area contributed by atoms with Gasteiger partial charge in [-0.15, -0.1) is 0 Å². The van der Waals surface area contributed by atoms with Gasteiger partial charge in [-0.05, 0) is 13.0 Å². The van der Waals surface area contributed by atoms with E-state index in [1.807, 2.05) is 0 Å². The van der Waals surface area contributed by atoms with E-state index in [2.05, 4.69) is 0 Å². The van der Waals surface area contributed by atoms with Crippen LogP contribution in [0.25, 0.3) is 0 Å². The topological polar surface area (TPSA) is 77.8 Å². The summed E-state index contributed by atoms with van der Waals surface area (Å²) in [4.78, 5) is 16.7. The molecule has 0 aliphatic rings. The van der Waals surface area contributed by atoms with Gasteiger partial charge in [0.1, 0.15) is 0 Å². The summed E-state index contributed by atoms with van der Waals surface area (Å²) >= 11 is 0. The van der Waals surface area contributed by atoms with Crippen molar-refractivity contribution >= 4 is 7.60 Å². The predicted octanol–water partition coefficient (Wildman–Crippen LogP) is 0.0602. The molecule has 54 valence electrons. The lowest BCUT2D eigenvalue weighted by molar-refractivity contribution is 0.340. The summed E-state index contributed by atoms with van der Waals surface area (Å²) in [6, 6.07) is 0. The van der Waals surface area contributed by atoms with Crippen LogP contribution in [-0.2, 0) is 4.57 Å². The second kappa shape index (κ2) is 3.13. The number of hydrogen-bond donors (Lipinski definition) is 3. The minimum Gasteiger partial charge on any atom is -0.392 e. The maximum absolute atomic E-state index is 10.2. The number of rotatable bonds is 2. The molecule has 9 heavy (non-hydrogen) atoms. The fraction of sp³-hybridized carbons (Fsp3) is 0.500. The molecule has 0 amide bonds. The Morgan fingerprint density at radius 3 is 2.22 bits per heavy atom. The summed E-state index contributed by atoms with van der Waals surface area (Å²) in [6.45, 7) is 0.938. The highest BCUT2D eigenvalue weighted by Crippen LogP contribution is 2.43. The molecule has 3 N–H and O–H groups in total. The molecule has 0 aliphatic heterocycles. The Morgan fingerprint density at radius 2 is 2.11 bits per heavy atom. The zero-order valence-electron chi connectivity index (χ0n) is 4.98. The molecule has 0 saturated carbocycles. The van der Waals surface area contributed by atoms with Crippen molar-refractivity contribution < 1.29 is 19.5 Å². The van der Waals surface area contributed by atoms with Crippen molar-refractivity contribution in [2.75, 3.05) is 6.61 Å². The lowest BCUT2D eigenvalue weighted by atomic mass is 10.5. The van der Waals surface area contributed by atoms with Crippen LogP contribution < -0.4 is 0 Å². The molecule has 0 aromatic carbocycles. The van der Waals surface area contributed by atoms with Crippen LogP contribution in [0, 0.1) is 0 Å². The predicted molar refractivity (Wildman–Crippen MR) is 32.9 cm³/mol. The van der Waals surface area contributed by atoms with E-state index in [1.54, 1.807) is 0 Å². The van der Waals surface area contributed by atoms with Gasteiger partial charge >= 0.3 is 7.60 Å². The van der Waals surface area contributed by atoms with Gasteiger partial charge in [-0.25, -0.2) is 0 Å². The Morgan fingerprint density at radius 1 is 1.67 bits per heavy atom. The van der Waals surface area contributed by atoms with Crippen molar-refractivity contribution in [2.24, 2.45) is 0 Å². The summed E-state index contributed by atoms with van der Waals surface area (Å²) in [5.41, 5.74) is 0. The Labute approximate surface area is 53.0 Å². The molecule has 0 unspecified atom stereocenters. The first-order valence-corrected chi connectivity index (χ1v) is 3.93. The summed E-state index contributed by atoms with van der Waals surface area (Å²) in [7, 11) is -4.07. The van der Waals surface area contributed by atoms with Crippen LogP contribution in [0.2, 0.25) is 0 Å². The summed E-state index contributed by atoms with van der Waals surface area (Å²) in [5.74, 6) is 0. The number of allylic oxidation sites excluding steroid dienone is 1. The average molecular weight is 152 g/mol. The molecular weight excluding hydrogens is 143 g/mol. The Hall–Kier alpha value is -0.150. The largest absolute Gasteiger partial charge is 0.392 e. The van der Waals surface area contributed by atoms with E-state index in [-0.39, 0.29) is 11.9 Å². The highest BCUT2D eigenvalue weighted by Gasteiger charge is 2.14. The standard InChI is InChI=1S/C4H9O4P/c1-4(2-3-5)9(6,7)8/h2,5H,3H2,1H3,(H2,6,7,8). The molecule has 4 nitrogen and oxygen atoms in total. The van der Waals surface area contributed by atoms with Crippen LogP contribution >= 0.6 is 7.60 Å². The monoisotopic (exact) mass is 152 g/mol. The second-order valence-electron chi connectivity index (χ2n) is 1.57. The van der Waals surface area contributed by atoms with Crippen LogP contribution in [0.15, 0.2) is 11.4 Å². The van der Waals surface area contributed by atoms with E-state index in [1.165, 1.54) is 6.92 Å². The van der Waals surface area contributed by atoms with Crippen molar-refractivity contribution in [2.45, 2.75) is 6.92 Å². The van der Waals surface area contributed by atoms with Gasteiger partial charge in [0.05, 0.1) is 6.61 Å². The maximum Gasteiger partial charge on any atom is 0.351 e. The third-order valence-corrected chi connectivity index (χ3v) is 1.95. The first kappa shape index (κ1) is 8.85. The van der Waals surface area contributed by atoms with Crippen molar-refractivity contribution in [3.8, 4) is 0 Å². The number of aliphatic hydroxyl groups excluding tert-OH is 1. The van der Waals surface area contributed by atoms with E-state index in [4.69, 9.17) is 14.9 Å². The van der Waals surface area contributed by atoms with E-state index in [0.717, 1.165) is 6.08 Å². The van der Waals surface area contributed by atoms with Gasteiger partial charge < -0.3 is 14.9 Å². The summed E-state index contributed by atoms with van der Waals surface area (Å²) < 4.78 is 10.2.